The fourth-order valence-electron chi connectivity index (χ4n) is 7.66. The molecular formula is C39H51ClFN5O7Si. The first-order chi connectivity index (χ1) is 25.5. The number of halogens is 2. The van der Waals surface area contributed by atoms with Gasteiger partial charge in [-0.3, -0.25) is 14.5 Å². The number of rotatable bonds is 13. The molecule has 3 aliphatic rings. The van der Waals surface area contributed by atoms with E-state index in [1.54, 1.807) is 0 Å². The molecule has 12 nitrogen and oxygen atoms in total. The SMILES string of the molecule is CCCCOc1noc2c1C(=O)[C@@]1(O[Si](C)(C)C(C)(C)C)C(O)=C3C(=O)c4c(c(F)cc(Nc5cc(Cl)ncn5)c4OCCCC)C[C@H]3C[C@H]1[C@@H]2N(C)C. The maximum Gasteiger partial charge on any atom is 0.265 e. The number of hydrogen-bond donors (Lipinski definition) is 2. The van der Waals surface area contributed by atoms with E-state index in [0.717, 1.165) is 19.3 Å². The Morgan fingerprint density at radius 2 is 1.78 bits per heavy atom. The van der Waals surface area contributed by atoms with Gasteiger partial charge in [0, 0.05) is 29.2 Å². The van der Waals surface area contributed by atoms with Crippen LogP contribution >= 0.6 is 11.6 Å². The normalized spacial score (nSPS) is 22.5. The van der Waals surface area contributed by atoms with E-state index in [4.69, 9.17) is 30.0 Å². The zero-order chi connectivity index (χ0) is 39.3. The summed E-state index contributed by atoms with van der Waals surface area (Å²) in [5, 5.41) is 19.9. The Morgan fingerprint density at radius 1 is 1.09 bits per heavy atom. The quantitative estimate of drug-likeness (QED) is 0.0969. The summed E-state index contributed by atoms with van der Waals surface area (Å²) in [6, 6.07) is 2.15. The minimum atomic E-state index is -2.91. The molecule has 2 heterocycles. The average Bonchev–Trinajstić information content (AvgIpc) is 3.50. The summed E-state index contributed by atoms with van der Waals surface area (Å²) in [6.45, 7) is 14.7. The number of ether oxygens (including phenoxy) is 2. The van der Waals surface area contributed by atoms with Crippen LogP contribution in [0.15, 0.2) is 34.3 Å². The van der Waals surface area contributed by atoms with Crippen molar-refractivity contribution in [2.75, 3.05) is 32.6 Å². The topological polar surface area (TPSA) is 149 Å². The lowest BCUT2D eigenvalue weighted by atomic mass is 9.58. The van der Waals surface area contributed by atoms with Crippen LogP contribution in [0.3, 0.4) is 0 Å². The van der Waals surface area contributed by atoms with Gasteiger partial charge in [0.2, 0.25) is 5.78 Å². The Bertz CT molecular complexity index is 1980. The lowest BCUT2D eigenvalue weighted by molar-refractivity contribution is -0.0481. The van der Waals surface area contributed by atoms with E-state index in [2.05, 4.69) is 20.4 Å². The first-order valence-electron chi connectivity index (χ1n) is 18.7. The molecule has 54 heavy (non-hydrogen) atoms. The second-order valence-corrected chi connectivity index (χ2v) is 21.4. The third-order valence-electron chi connectivity index (χ3n) is 11.4. The van der Waals surface area contributed by atoms with Gasteiger partial charge in [0.1, 0.15) is 34.4 Å². The summed E-state index contributed by atoms with van der Waals surface area (Å²) in [6.07, 6.45) is 4.63. The number of anilines is 2. The average molecular weight is 784 g/mol. The number of unbranched alkanes of at least 4 members (excludes halogenated alkanes) is 2. The number of nitrogens with one attached hydrogen (secondary N) is 1. The molecule has 292 valence electrons. The molecule has 0 unspecified atom stereocenters. The smallest absolute Gasteiger partial charge is 0.265 e. The van der Waals surface area contributed by atoms with Gasteiger partial charge in [0.15, 0.2) is 31.2 Å². The standard InChI is InChI=1S/C39H51ClFN5O7Si/c1-10-12-14-50-33-25(44-27-19-26(40)42-20-43-27)18-24(41)22-16-21-17-23-31(46(6)7)34-30(37(45-52-34)51-15-13-11-2)36(49)39(23,53-54(8,9)38(3,4)5)35(48)28(21)32(47)29(22)33/h18-21,23,31,48H,10-17H2,1-9H3,(H,42,43,44)/t21-,23-,31-,39-/m0/s1. The van der Waals surface area contributed by atoms with E-state index >= 15 is 14.0 Å². The summed E-state index contributed by atoms with van der Waals surface area (Å²) in [7, 11) is 0.808. The van der Waals surface area contributed by atoms with Gasteiger partial charge in [0.05, 0.1) is 30.5 Å². The summed E-state index contributed by atoms with van der Waals surface area (Å²) >= 11 is 6.12. The van der Waals surface area contributed by atoms with E-state index in [0.29, 0.717) is 18.8 Å². The molecule has 1 aromatic carbocycles. The molecule has 0 saturated carbocycles. The third kappa shape index (κ3) is 6.73. The van der Waals surface area contributed by atoms with Crippen LogP contribution in [0.4, 0.5) is 15.9 Å². The first kappa shape index (κ1) is 39.8. The zero-order valence-electron chi connectivity index (χ0n) is 32.6. The highest BCUT2D eigenvalue weighted by atomic mass is 35.5. The van der Waals surface area contributed by atoms with E-state index in [1.807, 2.05) is 66.7 Å². The van der Waals surface area contributed by atoms with E-state index in [-0.39, 0.29) is 70.0 Å². The highest BCUT2D eigenvalue weighted by Gasteiger charge is 2.67. The van der Waals surface area contributed by atoms with Crippen LogP contribution in [0.25, 0.3) is 0 Å². The molecule has 4 atom stereocenters. The van der Waals surface area contributed by atoms with Gasteiger partial charge in [-0.15, -0.1) is 0 Å². The number of allylic oxidation sites excluding steroid dienone is 1. The Kier molecular flexibility index (Phi) is 11.1. The molecule has 3 aromatic rings. The van der Waals surface area contributed by atoms with Crippen LogP contribution in [-0.2, 0) is 10.8 Å². The molecule has 2 aromatic heterocycles. The van der Waals surface area contributed by atoms with Crippen molar-refractivity contribution < 1.29 is 37.5 Å². The summed E-state index contributed by atoms with van der Waals surface area (Å²) in [5.41, 5.74) is -1.57. The van der Waals surface area contributed by atoms with Gasteiger partial charge in [-0.1, -0.05) is 59.1 Å². The highest BCUT2D eigenvalue weighted by Crippen LogP contribution is 2.60. The van der Waals surface area contributed by atoms with Crippen molar-refractivity contribution in [2.24, 2.45) is 11.8 Å². The number of hydrogen-bond acceptors (Lipinski definition) is 12. The second-order valence-electron chi connectivity index (χ2n) is 16.2. The molecule has 2 N–H and O–H groups in total. The van der Waals surface area contributed by atoms with Crippen molar-refractivity contribution in [3.63, 3.8) is 0 Å². The Hall–Kier alpha value is -3.85. The third-order valence-corrected chi connectivity index (χ3v) is 16.0. The number of aliphatic hydroxyl groups excluding tert-OH is 1. The predicted molar refractivity (Wildman–Crippen MR) is 205 cm³/mol. The van der Waals surface area contributed by atoms with Crippen molar-refractivity contribution >= 4 is 43.0 Å². The molecule has 0 saturated heterocycles. The maximum absolute atomic E-state index is 16.4. The van der Waals surface area contributed by atoms with Crippen LogP contribution in [0.2, 0.25) is 23.3 Å². The number of aromatic nitrogens is 3. The van der Waals surface area contributed by atoms with Crippen LogP contribution in [-0.4, -0.2) is 77.9 Å². The minimum Gasteiger partial charge on any atom is -0.508 e. The molecule has 0 radical (unpaired) electrons. The van der Waals surface area contributed by atoms with Crippen LogP contribution in [0.5, 0.6) is 11.6 Å². The number of aliphatic hydroxyl groups is 1. The molecule has 0 fully saturated rings. The number of ketones is 2. The molecule has 0 amide bonds. The predicted octanol–water partition coefficient (Wildman–Crippen LogP) is 8.81. The molecule has 6 rings (SSSR count). The lowest BCUT2D eigenvalue weighted by Gasteiger charge is -2.55. The number of Topliss-reactive ketones (excluding diaryl/α,β-unsaturated/α-hetero) is 2. The van der Waals surface area contributed by atoms with Crippen molar-refractivity contribution in [2.45, 2.75) is 103 Å². The fourth-order valence-corrected chi connectivity index (χ4v) is 9.25. The van der Waals surface area contributed by atoms with Gasteiger partial charge < -0.3 is 28.8 Å². The summed E-state index contributed by atoms with van der Waals surface area (Å²) in [5.74, 6) is -2.93. The van der Waals surface area contributed by atoms with E-state index in [1.165, 1.54) is 18.5 Å². The van der Waals surface area contributed by atoms with Gasteiger partial charge in [-0.25, -0.2) is 14.4 Å². The molecular weight excluding hydrogens is 733 g/mol. The van der Waals surface area contributed by atoms with Crippen LogP contribution in [0.1, 0.15) is 105 Å². The Labute approximate surface area is 321 Å². The lowest BCUT2D eigenvalue weighted by Crippen LogP contribution is -2.65. The monoisotopic (exact) mass is 783 g/mol. The number of carbonyl (C=O) groups is 2. The Morgan fingerprint density at radius 3 is 2.41 bits per heavy atom. The molecule has 15 heteroatoms. The van der Waals surface area contributed by atoms with Gasteiger partial charge >= 0.3 is 0 Å². The van der Waals surface area contributed by atoms with Crippen LogP contribution < -0.4 is 14.8 Å². The second kappa shape index (κ2) is 15.0. The molecule has 0 bridgehead atoms. The van der Waals surface area contributed by atoms with Crippen molar-refractivity contribution in [3.05, 3.63) is 63.2 Å². The molecule has 0 spiro atoms. The summed E-state index contributed by atoms with van der Waals surface area (Å²) < 4.78 is 41.8. The van der Waals surface area contributed by atoms with Gasteiger partial charge in [-0.05, 0) is 69.0 Å². The van der Waals surface area contributed by atoms with Crippen molar-refractivity contribution in [1.29, 1.82) is 0 Å². The number of nitrogens with zero attached hydrogens (tertiary/aromatic N) is 4. The Balaban J connectivity index is 1.59. The summed E-state index contributed by atoms with van der Waals surface area (Å²) in [4.78, 5) is 40.5. The zero-order valence-corrected chi connectivity index (χ0v) is 34.3. The number of carbonyl (C=O) groups excluding carboxylic acids is 2. The van der Waals surface area contributed by atoms with E-state index < -0.39 is 60.0 Å². The highest BCUT2D eigenvalue weighted by molar-refractivity contribution is 6.74. The van der Waals surface area contributed by atoms with Crippen molar-refractivity contribution in [1.82, 2.24) is 20.0 Å². The number of fused-ring (bicyclic) bond motifs is 4. The van der Waals surface area contributed by atoms with Gasteiger partial charge in [-0.2, -0.15) is 0 Å². The largest absolute Gasteiger partial charge is 0.508 e. The van der Waals surface area contributed by atoms with E-state index in [9.17, 15) is 5.11 Å². The maximum atomic E-state index is 16.4. The van der Waals surface area contributed by atoms with Crippen molar-refractivity contribution in [3.8, 4) is 11.6 Å². The molecule has 3 aliphatic carbocycles. The van der Waals surface area contributed by atoms with Gasteiger partial charge in [0.25, 0.3) is 5.88 Å². The molecule has 0 aliphatic heterocycles. The minimum absolute atomic E-state index is 0.0126. The fraction of sp³-hybridized carbons (Fsp3) is 0.564. The number of benzene rings is 1. The first-order valence-corrected chi connectivity index (χ1v) is 22.0. The van der Waals surface area contributed by atoms with Crippen LogP contribution in [0, 0.1) is 17.7 Å².